The summed E-state index contributed by atoms with van der Waals surface area (Å²) in [6.45, 7) is 2.04. The molecular weight excluding hydrogens is 266 g/mol. The molecule has 0 aromatic carbocycles. The molecule has 1 aliphatic carbocycles. The summed E-state index contributed by atoms with van der Waals surface area (Å²) in [5, 5.41) is 3.77. The quantitative estimate of drug-likeness (QED) is 0.708. The largest absolute Gasteiger partial charge is 0.465 e. The highest BCUT2D eigenvalue weighted by molar-refractivity contribution is 7.19. The molecule has 104 valence electrons. The van der Waals surface area contributed by atoms with Gasteiger partial charge in [0.15, 0.2) is 0 Å². The molecule has 6 nitrogen and oxygen atoms in total. The van der Waals surface area contributed by atoms with Gasteiger partial charge in [0.05, 0.1) is 18.4 Å². The smallest absolute Gasteiger partial charge is 0.350 e. The summed E-state index contributed by atoms with van der Waals surface area (Å²) in [5.74, 6) is -0.600. The molecule has 1 atom stereocenters. The first-order valence-corrected chi connectivity index (χ1v) is 6.84. The van der Waals surface area contributed by atoms with Crippen LogP contribution < -0.4 is 16.8 Å². The summed E-state index contributed by atoms with van der Waals surface area (Å²) >= 11 is 1.11. The van der Waals surface area contributed by atoms with E-state index in [0.717, 1.165) is 11.3 Å². The van der Waals surface area contributed by atoms with Crippen LogP contribution in [0.25, 0.3) is 0 Å². The predicted molar refractivity (Wildman–Crippen MR) is 74.4 cm³/mol. The number of hydrogen-bond acceptors (Lipinski definition) is 6. The number of carbonyl (C=O) groups is 2. The summed E-state index contributed by atoms with van der Waals surface area (Å²) in [6, 6.07) is 0.224. The Hall–Kier alpha value is -1.76. The molecule has 1 amide bonds. The monoisotopic (exact) mass is 283 g/mol. The van der Waals surface area contributed by atoms with E-state index in [1.807, 2.05) is 6.92 Å². The van der Waals surface area contributed by atoms with Crippen molar-refractivity contribution < 1.29 is 14.3 Å². The Morgan fingerprint density at radius 3 is 2.58 bits per heavy atom. The van der Waals surface area contributed by atoms with E-state index >= 15 is 0 Å². The van der Waals surface area contributed by atoms with Gasteiger partial charge in [-0.25, -0.2) is 4.79 Å². The molecule has 2 rings (SSSR count). The highest BCUT2D eigenvalue weighted by Gasteiger charge is 2.31. The number of nitrogens with two attached hydrogens (primary N) is 2. The van der Waals surface area contributed by atoms with Crippen LogP contribution in [0.4, 0.5) is 10.7 Å². The molecule has 1 unspecified atom stereocenters. The normalized spacial score (nSPS) is 15.9. The van der Waals surface area contributed by atoms with Crippen LogP contribution >= 0.6 is 11.3 Å². The van der Waals surface area contributed by atoms with Gasteiger partial charge in [-0.15, -0.1) is 11.3 Å². The first-order chi connectivity index (χ1) is 8.95. The summed E-state index contributed by atoms with van der Waals surface area (Å²) in [7, 11) is 1.27. The summed E-state index contributed by atoms with van der Waals surface area (Å²) in [6.07, 6.45) is 2.34. The Balaban J connectivity index is 2.34. The number of nitrogens with one attached hydrogen (secondary N) is 1. The Labute approximate surface area is 115 Å². The van der Waals surface area contributed by atoms with E-state index in [0.29, 0.717) is 10.9 Å². The zero-order valence-electron chi connectivity index (χ0n) is 10.9. The van der Waals surface area contributed by atoms with E-state index in [-0.39, 0.29) is 22.2 Å². The summed E-state index contributed by atoms with van der Waals surface area (Å²) in [4.78, 5) is 23.3. The highest BCUT2D eigenvalue weighted by atomic mass is 32.1. The minimum atomic E-state index is -0.644. The van der Waals surface area contributed by atoms with Gasteiger partial charge in [-0.2, -0.15) is 0 Å². The number of carbonyl (C=O) groups excluding carboxylic acids is 2. The third kappa shape index (κ3) is 2.65. The van der Waals surface area contributed by atoms with Gasteiger partial charge in [0, 0.05) is 6.04 Å². The predicted octanol–water partition coefficient (Wildman–Crippen LogP) is 1.43. The van der Waals surface area contributed by atoms with Crippen molar-refractivity contribution in [1.82, 2.24) is 0 Å². The van der Waals surface area contributed by atoms with Crippen molar-refractivity contribution in [1.29, 1.82) is 0 Å². The number of anilines is 2. The molecule has 1 aromatic rings. The topological polar surface area (TPSA) is 107 Å². The fraction of sp³-hybridized carbons (Fsp3) is 0.500. The Morgan fingerprint density at radius 2 is 2.11 bits per heavy atom. The van der Waals surface area contributed by atoms with Gasteiger partial charge >= 0.3 is 5.97 Å². The Bertz CT molecular complexity index is 523. The summed E-state index contributed by atoms with van der Waals surface area (Å²) < 4.78 is 4.64. The average Bonchev–Trinajstić information content (AvgIpc) is 3.14. The van der Waals surface area contributed by atoms with Gasteiger partial charge in [-0.3, -0.25) is 4.79 Å². The second kappa shape index (κ2) is 5.08. The number of ether oxygens (including phenoxy) is 1. The van der Waals surface area contributed by atoms with Gasteiger partial charge < -0.3 is 21.5 Å². The zero-order valence-corrected chi connectivity index (χ0v) is 11.7. The molecule has 0 aliphatic heterocycles. The molecular formula is C12H17N3O3S. The van der Waals surface area contributed by atoms with Crippen LogP contribution in [-0.2, 0) is 4.74 Å². The van der Waals surface area contributed by atoms with Crippen LogP contribution in [-0.4, -0.2) is 25.0 Å². The van der Waals surface area contributed by atoms with Crippen molar-refractivity contribution in [3.8, 4) is 0 Å². The Morgan fingerprint density at radius 1 is 1.47 bits per heavy atom. The number of esters is 1. The lowest BCUT2D eigenvalue weighted by Crippen LogP contribution is -2.20. The molecule has 1 aliphatic rings. The first-order valence-electron chi connectivity index (χ1n) is 6.02. The molecule has 1 saturated carbocycles. The van der Waals surface area contributed by atoms with Gasteiger partial charge in [0.2, 0.25) is 0 Å². The first kappa shape index (κ1) is 13.7. The van der Waals surface area contributed by atoms with E-state index < -0.39 is 11.9 Å². The third-order valence-electron chi connectivity index (χ3n) is 3.25. The molecule has 1 aromatic heterocycles. The second-order valence-electron chi connectivity index (χ2n) is 4.68. The van der Waals surface area contributed by atoms with E-state index in [9.17, 15) is 9.59 Å². The van der Waals surface area contributed by atoms with Gasteiger partial charge in [-0.1, -0.05) is 0 Å². The van der Waals surface area contributed by atoms with Crippen LogP contribution in [0.2, 0.25) is 0 Å². The average molecular weight is 283 g/mol. The summed E-state index contributed by atoms with van der Waals surface area (Å²) in [5.41, 5.74) is 11.4. The molecule has 0 spiro atoms. The van der Waals surface area contributed by atoms with Crippen molar-refractivity contribution in [2.75, 3.05) is 18.2 Å². The zero-order chi connectivity index (χ0) is 14.2. The number of thiophene rings is 1. The number of primary amides is 1. The number of rotatable bonds is 5. The van der Waals surface area contributed by atoms with Gasteiger partial charge in [-0.05, 0) is 25.7 Å². The maximum Gasteiger partial charge on any atom is 0.350 e. The molecule has 0 radical (unpaired) electrons. The van der Waals surface area contributed by atoms with Crippen molar-refractivity contribution >= 4 is 33.9 Å². The minimum absolute atomic E-state index is 0.0925. The van der Waals surface area contributed by atoms with Crippen LogP contribution in [0.15, 0.2) is 0 Å². The molecule has 1 heterocycles. The Kier molecular flexibility index (Phi) is 3.66. The number of nitrogen functional groups attached to an aromatic ring is 1. The van der Waals surface area contributed by atoms with Crippen LogP contribution in [0.3, 0.4) is 0 Å². The van der Waals surface area contributed by atoms with Gasteiger partial charge in [0.25, 0.3) is 5.91 Å². The van der Waals surface area contributed by atoms with Crippen LogP contribution in [0.1, 0.15) is 39.8 Å². The fourth-order valence-corrected chi connectivity index (χ4v) is 3.10. The van der Waals surface area contributed by atoms with E-state index in [2.05, 4.69) is 10.1 Å². The molecule has 1 fully saturated rings. The second-order valence-corrected chi connectivity index (χ2v) is 5.70. The number of amides is 1. The molecule has 5 N–H and O–H groups in total. The number of hydrogen-bond donors (Lipinski definition) is 3. The van der Waals surface area contributed by atoms with Gasteiger partial charge in [0.1, 0.15) is 9.88 Å². The molecule has 0 bridgehead atoms. The van der Waals surface area contributed by atoms with Crippen molar-refractivity contribution in [2.24, 2.45) is 11.7 Å². The minimum Gasteiger partial charge on any atom is -0.465 e. The highest BCUT2D eigenvalue weighted by Crippen LogP contribution is 2.39. The maximum absolute atomic E-state index is 11.6. The van der Waals surface area contributed by atoms with E-state index in [1.54, 1.807) is 0 Å². The van der Waals surface area contributed by atoms with Crippen LogP contribution in [0, 0.1) is 5.92 Å². The molecule has 19 heavy (non-hydrogen) atoms. The van der Waals surface area contributed by atoms with Crippen molar-refractivity contribution in [3.05, 3.63) is 10.4 Å². The maximum atomic E-state index is 11.6. The lowest BCUT2D eigenvalue weighted by Gasteiger charge is -2.13. The van der Waals surface area contributed by atoms with Crippen molar-refractivity contribution in [3.63, 3.8) is 0 Å². The standard InChI is InChI=1S/C12H17N3O3S/c1-5(6-3-4-6)15-11-7(10(14)16)8(13)9(19-11)12(17)18-2/h5-6,15H,3-4,13H2,1-2H3,(H2,14,16). The molecule has 0 saturated heterocycles. The molecule has 7 heteroatoms. The van der Waals surface area contributed by atoms with Crippen molar-refractivity contribution in [2.45, 2.75) is 25.8 Å². The van der Waals surface area contributed by atoms with Crippen LogP contribution in [0.5, 0.6) is 0 Å². The van der Waals surface area contributed by atoms with E-state index in [1.165, 1.54) is 20.0 Å². The SMILES string of the molecule is COC(=O)c1sc(NC(C)C2CC2)c(C(N)=O)c1N. The fourth-order valence-electron chi connectivity index (χ4n) is 1.96. The number of methoxy groups -OCH3 is 1. The lowest BCUT2D eigenvalue weighted by atomic mass is 10.2. The van der Waals surface area contributed by atoms with E-state index in [4.69, 9.17) is 11.5 Å². The third-order valence-corrected chi connectivity index (χ3v) is 4.37. The lowest BCUT2D eigenvalue weighted by molar-refractivity contribution is 0.0607.